The van der Waals surface area contributed by atoms with Gasteiger partial charge in [-0.15, -0.1) is 0 Å². The number of methoxy groups -OCH3 is 1. The van der Waals surface area contributed by atoms with Gasteiger partial charge in [0.1, 0.15) is 11.3 Å². The number of carboxylic acid groups (broad SMARTS) is 1. The average molecular weight is 759 g/mol. The largest absolute Gasteiger partial charge is 0.496 e. The molecular formula is C38H45Cl2N3O7S. The number of nitrogens with one attached hydrogen (secondary N) is 1. The fraction of sp³-hybridized carbons (Fsp3) is 0.421. The number of hydrogen-bond donors (Lipinski definition) is 2. The number of nitrogens with zero attached hydrogens (tertiary/aromatic N) is 2. The van der Waals surface area contributed by atoms with E-state index < -0.39 is 50.3 Å². The van der Waals surface area contributed by atoms with Crippen molar-refractivity contribution in [3.63, 3.8) is 0 Å². The summed E-state index contributed by atoms with van der Waals surface area (Å²) in [4.78, 5) is 54.7. The lowest BCUT2D eigenvalue weighted by atomic mass is 9.66. The number of rotatable bonds is 12. The Balaban J connectivity index is 1.89. The molecule has 0 aromatic heterocycles. The Morgan fingerprint density at radius 2 is 1.69 bits per heavy atom. The van der Waals surface area contributed by atoms with Crippen LogP contribution in [0.15, 0.2) is 71.1 Å². The number of anilines is 1. The minimum Gasteiger partial charge on any atom is -0.496 e. The molecule has 10 nitrogen and oxygen atoms in total. The fourth-order valence-corrected chi connectivity index (χ4v) is 9.27. The summed E-state index contributed by atoms with van der Waals surface area (Å²) in [7, 11) is -1.80. The highest BCUT2D eigenvalue weighted by Crippen LogP contribution is 2.53. The molecule has 3 amide bonds. The summed E-state index contributed by atoms with van der Waals surface area (Å²) < 4.78 is 23.8. The lowest BCUT2D eigenvalue weighted by Crippen LogP contribution is -2.59. The standard InChI is InChI=1S/C38H45Cl2N3O7S/c1-22(2)32(21-51(49,23(3)4)42-24(5)44)43-35(25-11-13-27(39)14-12-25)31(26-9-8-10-28(40)17-26)19-38(6,37(43)48)20-34(45)41-29-15-16-30(36(46)47)33(18-29)50-7/h8-18,22-23,31-32,35H,19-21H2,1-7H3,(H,41,45)(H,46,47)/t31-,32-,35-,38-,51?/m1/s1. The summed E-state index contributed by atoms with van der Waals surface area (Å²) in [6.07, 6.45) is 0.0325. The van der Waals surface area contributed by atoms with Gasteiger partial charge in [0.2, 0.25) is 11.8 Å². The number of piperidine rings is 1. The number of benzene rings is 3. The Morgan fingerprint density at radius 3 is 2.24 bits per heavy atom. The molecule has 1 heterocycles. The molecule has 0 saturated carbocycles. The SMILES string of the molecule is COc1cc(NC(=O)C[C@@]2(C)C[C@H](c3cccc(Cl)c3)[C@@H](c3ccc(Cl)cc3)N([C@H](CS(=O)(=NC(C)=O)C(C)C)C(C)C)C2=O)ccc1C(=O)O. The quantitative estimate of drug-likeness (QED) is 0.190. The van der Waals surface area contributed by atoms with Crippen LogP contribution in [0.4, 0.5) is 5.69 Å². The molecular weight excluding hydrogens is 713 g/mol. The zero-order chi connectivity index (χ0) is 37.8. The molecule has 0 aliphatic carbocycles. The molecule has 5 atom stereocenters. The van der Waals surface area contributed by atoms with Crippen molar-refractivity contribution in [1.82, 2.24) is 4.90 Å². The van der Waals surface area contributed by atoms with Gasteiger partial charge in [0, 0.05) is 52.4 Å². The van der Waals surface area contributed by atoms with E-state index in [9.17, 15) is 23.7 Å². The number of carbonyl (C=O) groups is 4. The van der Waals surface area contributed by atoms with Gasteiger partial charge in [-0.25, -0.2) is 9.00 Å². The molecule has 1 aliphatic rings. The van der Waals surface area contributed by atoms with Crippen LogP contribution < -0.4 is 10.1 Å². The number of hydrogen-bond acceptors (Lipinski definition) is 6. The van der Waals surface area contributed by atoms with E-state index in [1.807, 2.05) is 44.2 Å². The Hall–Kier alpha value is -3.93. The van der Waals surface area contributed by atoms with Gasteiger partial charge >= 0.3 is 5.97 Å². The maximum absolute atomic E-state index is 15.2. The summed E-state index contributed by atoms with van der Waals surface area (Å²) in [6.45, 7) is 10.4. The molecule has 274 valence electrons. The van der Waals surface area contributed by atoms with Gasteiger partial charge in [0.15, 0.2) is 0 Å². The number of halogens is 2. The Kier molecular flexibility index (Phi) is 12.6. The molecule has 3 aromatic carbocycles. The van der Waals surface area contributed by atoms with Crippen molar-refractivity contribution >= 4 is 62.3 Å². The van der Waals surface area contributed by atoms with Crippen molar-refractivity contribution in [2.24, 2.45) is 15.7 Å². The van der Waals surface area contributed by atoms with E-state index in [0.29, 0.717) is 15.7 Å². The van der Waals surface area contributed by atoms with Gasteiger partial charge in [-0.1, -0.05) is 82.1 Å². The van der Waals surface area contributed by atoms with Crippen LogP contribution in [0.25, 0.3) is 0 Å². The summed E-state index contributed by atoms with van der Waals surface area (Å²) in [5.74, 6) is -3.11. The number of likely N-dealkylation sites (tertiary alicyclic amines) is 1. The van der Waals surface area contributed by atoms with E-state index in [0.717, 1.165) is 11.1 Å². The lowest BCUT2D eigenvalue weighted by Gasteiger charge is -2.53. The van der Waals surface area contributed by atoms with Crippen LogP contribution in [0.2, 0.25) is 10.0 Å². The molecule has 1 saturated heterocycles. The highest BCUT2D eigenvalue weighted by molar-refractivity contribution is 7.94. The van der Waals surface area contributed by atoms with Gasteiger partial charge in [0.05, 0.1) is 34.0 Å². The highest BCUT2D eigenvalue weighted by atomic mass is 35.5. The second-order valence-corrected chi connectivity index (χ2v) is 17.6. The van der Waals surface area contributed by atoms with Gasteiger partial charge in [-0.05, 0) is 59.9 Å². The Labute approximate surface area is 310 Å². The van der Waals surface area contributed by atoms with E-state index in [2.05, 4.69) is 9.68 Å². The third-order valence-corrected chi connectivity index (χ3v) is 12.8. The van der Waals surface area contributed by atoms with Crippen molar-refractivity contribution in [2.45, 2.75) is 77.6 Å². The van der Waals surface area contributed by atoms with E-state index >= 15 is 4.79 Å². The molecule has 0 radical (unpaired) electrons. The van der Waals surface area contributed by atoms with Crippen LogP contribution in [0, 0.1) is 11.3 Å². The first-order chi connectivity index (χ1) is 23.9. The van der Waals surface area contributed by atoms with Crippen molar-refractivity contribution in [3.05, 3.63) is 93.5 Å². The second-order valence-electron chi connectivity index (χ2n) is 13.9. The third-order valence-electron chi connectivity index (χ3n) is 9.41. The summed E-state index contributed by atoms with van der Waals surface area (Å²) in [5.41, 5.74) is 0.612. The van der Waals surface area contributed by atoms with E-state index in [4.69, 9.17) is 27.9 Å². The molecule has 1 unspecified atom stereocenters. The molecule has 2 N–H and O–H groups in total. The predicted molar refractivity (Wildman–Crippen MR) is 201 cm³/mol. The first kappa shape index (κ1) is 39.8. The number of ether oxygens (including phenoxy) is 1. The second kappa shape index (κ2) is 16.2. The molecule has 13 heteroatoms. The Morgan fingerprint density at radius 1 is 1.02 bits per heavy atom. The number of carboxylic acids is 1. The first-order valence-electron chi connectivity index (χ1n) is 16.7. The van der Waals surface area contributed by atoms with Gasteiger partial charge in [-0.2, -0.15) is 4.36 Å². The lowest BCUT2D eigenvalue weighted by molar-refractivity contribution is -0.157. The van der Waals surface area contributed by atoms with Crippen molar-refractivity contribution < 1.29 is 33.2 Å². The molecule has 3 aromatic rings. The van der Waals surface area contributed by atoms with Crippen LogP contribution in [-0.4, -0.2) is 62.1 Å². The minimum atomic E-state index is -3.13. The van der Waals surface area contributed by atoms with Gasteiger partial charge in [-0.3, -0.25) is 14.4 Å². The number of carbonyl (C=O) groups excluding carboxylic acids is 3. The zero-order valence-electron chi connectivity index (χ0n) is 29.8. The average Bonchev–Trinajstić information content (AvgIpc) is 3.04. The van der Waals surface area contributed by atoms with E-state index in [1.54, 1.807) is 43.9 Å². The van der Waals surface area contributed by atoms with Crippen molar-refractivity contribution in [2.75, 3.05) is 18.2 Å². The summed E-state index contributed by atoms with van der Waals surface area (Å²) in [6, 6.07) is 17.6. The predicted octanol–water partition coefficient (Wildman–Crippen LogP) is 8.24. The topological polar surface area (TPSA) is 142 Å². The number of amides is 3. The summed E-state index contributed by atoms with van der Waals surface area (Å²) >= 11 is 12.9. The maximum Gasteiger partial charge on any atom is 0.339 e. The highest BCUT2D eigenvalue weighted by Gasteiger charge is 2.53. The van der Waals surface area contributed by atoms with Crippen LogP contribution in [0.1, 0.15) is 87.8 Å². The maximum atomic E-state index is 15.2. The van der Waals surface area contributed by atoms with Gasteiger partial charge in [0.25, 0.3) is 5.91 Å². The van der Waals surface area contributed by atoms with Crippen LogP contribution in [0.5, 0.6) is 5.75 Å². The fourth-order valence-electron chi connectivity index (χ4n) is 6.81. The Bertz CT molecular complexity index is 1920. The van der Waals surface area contributed by atoms with E-state index in [-0.39, 0.29) is 47.7 Å². The van der Waals surface area contributed by atoms with Crippen molar-refractivity contribution in [1.29, 1.82) is 0 Å². The first-order valence-corrected chi connectivity index (χ1v) is 19.2. The molecule has 0 bridgehead atoms. The molecule has 1 fully saturated rings. The van der Waals surface area contributed by atoms with Crippen LogP contribution in [-0.2, 0) is 24.1 Å². The molecule has 0 spiro atoms. The summed E-state index contributed by atoms with van der Waals surface area (Å²) in [5, 5.41) is 12.8. The molecule has 1 aliphatic heterocycles. The molecule has 4 rings (SSSR count). The van der Waals surface area contributed by atoms with Crippen LogP contribution >= 0.6 is 23.2 Å². The van der Waals surface area contributed by atoms with E-state index in [1.165, 1.54) is 32.2 Å². The third kappa shape index (κ3) is 9.12. The van der Waals surface area contributed by atoms with Crippen LogP contribution in [0.3, 0.4) is 0 Å². The monoisotopic (exact) mass is 757 g/mol. The number of aromatic carboxylic acids is 1. The van der Waals surface area contributed by atoms with Gasteiger partial charge < -0.3 is 20.1 Å². The zero-order valence-corrected chi connectivity index (χ0v) is 32.1. The smallest absolute Gasteiger partial charge is 0.339 e. The minimum absolute atomic E-state index is 0.0575. The normalized spacial score (nSPS) is 20.8. The van der Waals surface area contributed by atoms with Crippen molar-refractivity contribution in [3.8, 4) is 5.75 Å². The molecule has 51 heavy (non-hydrogen) atoms.